The number of phenols is 1. The van der Waals surface area contributed by atoms with Gasteiger partial charge in [-0.3, -0.25) is 0 Å². The van der Waals surface area contributed by atoms with Crippen molar-refractivity contribution in [2.24, 2.45) is 5.73 Å². The average molecular weight is 207 g/mol. The first-order chi connectivity index (χ1) is 7.15. The number of benzene rings is 1. The van der Waals surface area contributed by atoms with E-state index in [1.54, 1.807) is 6.07 Å². The third-order valence-corrected chi connectivity index (χ3v) is 2.67. The number of phenolic OH excluding ortho intramolecular Hbond substituents is 1. The second-order valence-corrected chi connectivity index (χ2v) is 4.29. The topological polar surface area (TPSA) is 46.2 Å². The summed E-state index contributed by atoms with van der Waals surface area (Å²) in [6, 6.07) is 5.90. The minimum absolute atomic E-state index is 0.413. The van der Waals surface area contributed by atoms with Gasteiger partial charge in [0.2, 0.25) is 0 Å². The van der Waals surface area contributed by atoms with Gasteiger partial charge in [0.15, 0.2) is 0 Å². The van der Waals surface area contributed by atoms with E-state index in [0.717, 1.165) is 31.4 Å². The Balaban J connectivity index is 2.72. The lowest BCUT2D eigenvalue weighted by Crippen LogP contribution is -1.99. The van der Waals surface area contributed by atoms with E-state index in [9.17, 15) is 5.11 Å². The van der Waals surface area contributed by atoms with Crippen molar-refractivity contribution in [2.75, 3.05) is 6.54 Å². The normalized spacial score (nSPS) is 10.9. The fraction of sp³-hybridized carbons (Fsp3) is 0.538. The Morgan fingerprint density at radius 3 is 2.60 bits per heavy atom. The van der Waals surface area contributed by atoms with E-state index in [4.69, 9.17) is 5.73 Å². The predicted octanol–water partition coefficient (Wildman–Crippen LogP) is 2.80. The van der Waals surface area contributed by atoms with Crippen molar-refractivity contribution < 1.29 is 5.11 Å². The van der Waals surface area contributed by atoms with Crippen LogP contribution >= 0.6 is 0 Å². The lowest BCUT2D eigenvalue weighted by atomic mass is 9.98. The Morgan fingerprint density at radius 1 is 1.27 bits per heavy atom. The van der Waals surface area contributed by atoms with Crippen molar-refractivity contribution >= 4 is 0 Å². The zero-order valence-electron chi connectivity index (χ0n) is 9.66. The van der Waals surface area contributed by atoms with E-state index in [0.29, 0.717) is 11.7 Å². The van der Waals surface area contributed by atoms with Crippen molar-refractivity contribution in [3.8, 4) is 5.75 Å². The minimum Gasteiger partial charge on any atom is -0.508 e. The molecule has 15 heavy (non-hydrogen) atoms. The molecule has 0 aromatic heterocycles. The molecule has 0 unspecified atom stereocenters. The molecular weight excluding hydrogens is 186 g/mol. The first-order valence-electron chi connectivity index (χ1n) is 5.67. The van der Waals surface area contributed by atoms with Crippen LogP contribution in [-0.4, -0.2) is 11.7 Å². The van der Waals surface area contributed by atoms with Gasteiger partial charge in [0.25, 0.3) is 0 Å². The van der Waals surface area contributed by atoms with Crippen LogP contribution in [0.5, 0.6) is 5.75 Å². The molecule has 0 aliphatic rings. The Hall–Kier alpha value is -1.02. The molecule has 84 valence electrons. The molecule has 1 aromatic carbocycles. The van der Waals surface area contributed by atoms with Gasteiger partial charge in [0.1, 0.15) is 5.75 Å². The maximum Gasteiger partial charge on any atom is 0.118 e. The number of rotatable bonds is 5. The van der Waals surface area contributed by atoms with Crippen LogP contribution in [-0.2, 0) is 6.42 Å². The second kappa shape index (κ2) is 5.76. The van der Waals surface area contributed by atoms with Gasteiger partial charge in [-0.1, -0.05) is 26.0 Å². The van der Waals surface area contributed by atoms with E-state index in [-0.39, 0.29) is 0 Å². The SMILES string of the molecule is CC(C)c1ccc(O)c(CCCCN)c1. The van der Waals surface area contributed by atoms with E-state index in [1.807, 2.05) is 6.07 Å². The number of aromatic hydroxyl groups is 1. The van der Waals surface area contributed by atoms with Crippen molar-refractivity contribution in [3.63, 3.8) is 0 Å². The zero-order valence-corrected chi connectivity index (χ0v) is 9.66. The standard InChI is InChI=1S/C13H21NO/c1-10(2)11-6-7-13(15)12(9-11)5-3-4-8-14/h6-7,9-10,15H,3-5,8,14H2,1-2H3. The van der Waals surface area contributed by atoms with Crippen LogP contribution in [0.25, 0.3) is 0 Å². The summed E-state index contributed by atoms with van der Waals surface area (Å²) in [7, 11) is 0. The molecule has 0 atom stereocenters. The molecule has 0 saturated heterocycles. The largest absolute Gasteiger partial charge is 0.508 e. The van der Waals surface area contributed by atoms with E-state index in [2.05, 4.69) is 19.9 Å². The Kier molecular flexibility index (Phi) is 4.63. The number of hydrogen-bond acceptors (Lipinski definition) is 2. The lowest BCUT2D eigenvalue weighted by Gasteiger charge is -2.10. The summed E-state index contributed by atoms with van der Waals surface area (Å²) >= 11 is 0. The summed E-state index contributed by atoms with van der Waals surface area (Å²) in [6.45, 7) is 5.05. The maximum absolute atomic E-state index is 9.68. The third kappa shape index (κ3) is 3.56. The molecule has 1 rings (SSSR count). The number of nitrogens with two attached hydrogens (primary N) is 1. The highest BCUT2D eigenvalue weighted by Crippen LogP contribution is 2.24. The Morgan fingerprint density at radius 2 is 2.00 bits per heavy atom. The van der Waals surface area contributed by atoms with Crippen LogP contribution in [0.15, 0.2) is 18.2 Å². The van der Waals surface area contributed by atoms with Crippen LogP contribution < -0.4 is 5.73 Å². The molecule has 0 aliphatic heterocycles. The van der Waals surface area contributed by atoms with Gasteiger partial charge >= 0.3 is 0 Å². The molecular formula is C13H21NO. The summed E-state index contributed by atoms with van der Waals surface area (Å²) in [5, 5.41) is 9.68. The van der Waals surface area contributed by atoms with Crippen LogP contribution in [0, 0.1) is 0 Å². The number of aryl methyl sites for hydroxylation is 1. The first kappa shape index (κ1) is 12.1. The van der Waals surface area contributed by atoms with Crippen molar-refractivity contribution in [1.29, 1.82) is 0 Å². The van der Waals surface area contributed by atoms with Gasteiger partial charge in [0, 0.05) is 0 Å². The molecule has 2 heteroatoms. The van der Waals surface area contributed by atoms with Gasteiger partial charge < -0.3 is 10.8 Å². The number of unbranched alkanes of at least 4 members (excludes halogenated alkanes) is 1. The Bertz CT molecular complexity index is 307. The number of hydrogen-bond donors (Lipinski definition) is 2. The van der Waals surface area contributed by atoms with Gasteiger partial charge in [-0.15, -0.1) is 0 Å². The van der Waals surface area contributed by atoms with E-state index >= 15 is 0 Å². The van der Waals surface area contributed by atoms with Crippen LogP contribution in [0.2, 0.25) is 0 Å². The summed E-state index contributed by atoms with van der Waals surface area (Å²) in [5.41, 5.74) is 7.78. The fourth-order valence-corrected chi connectivity index (χ4v) is 1.62. The van der Waals surface area contributed by atoms with Crippen LogP contribution in [0.3, 0.4) is 0 Å². The fourth-order valence-electron chi connectivity index (χ4n) is 1.62. The third-order valence-electron chi connectivity index (χ3n) is 2.67. The molecule has 0 heterocycles. The molecule has 0 fully saturated rings. The highest BCUT2D eigenvalue weighted by Gasteiger charge is 2.05. The summed E-state index contributed by atoms with van der Waals surface area (Å²) < 4.78 is 0. The maximum atomic E-state index is 9.68. The molecule has 1 aromatic rings. The smallest absolute Gasteiger partial charge is 0.118 e. The molecule has 0 radical (unpaired) electrons. The quantitative estimate of drug-likeness (QED) is 0.729. The van der Waals surface area contributed by atoms with Crippen molar-refractivity contribution in [3.05, 3.63) is 29.3 Å². The molecule has 3 N–H and O–H groups in total. The van der Waals surface area contributed by atoms with Crippen molar-refractivity contribution in [1.82, 2.24) is 0 Å². The van der Waals surface area contributed by atoms with Crippen molar-refractivity contribution in [2.45, 2.75) is 39.0 Å². The molecule has 0 spiro atoms. The molecule has 0 aliphatic carbocycles. The second-order valence-electron chi connectivity index (χ2n) is 4.29. The molecule has 2 nitrogen and oxygen atoms in total. The Labute approximate surface area is 92.1 Å². The molecule has 0 bridgehead atoms. The molecule has 0 saturated carbocycles. The average Bonchev–Trinajstić information content (AvgIpc) is 2.20. The van der Waals surface area contributed by atoms with E-state index in [1.165, 1.54) is 5.56 Å². The predicted molar refractivity (Wildman–Crippen MR) is 64.2 cm³/mol. The van der Waals surface area contributed by atoms with E-state index < -0.39 is 0 Å². The lowest BCUT2D eigenvalue weighted by molar-refractivity contribution is 0.466. The first-order valence-corrected chi connectivity index (χ1v) is 5.67. The van der Waals surface area contributed by atoms with Gasteiger partial charge in [0.05, 0.1) is 0 Å². The molecule has 0 amide bonds. The van der Waals surface area contributed by atoms with Gasteiger partial charge in [-0.05, 0) is 48.9 Å². The summed E-state index contributed by atoms with van der Waals surface area (Å²) in [6.07, 6.45) is 2.99. The van der Waals surface area contributed by atoms with Crippen LogP contribution in [0.1, 0.15) is 43.7 Å². The highest BCUT2D eigenvalue weighted by molar-refractivity contribution is 5.37. The minimum atomic E-state index is 0.413. The zero-order chi connectivity index (χ0) is 11.3. The summed E-state index contributed by atoms with van der Waals surface area (Å²) in [5.74, 6) is 0.926. The van der Waals surface area contributed by atoms with Crippen LogP contribution in [0.4, 0.5) is 0 Å². The van der Waals surface area contributed by atoms with Gasteiger partial charge in [-0.25, -0.2) is 0 Å². The monoisotopic (exact) mass is 207 g/mol. The highest BCUT2D eigenvalue weighted by atomic mass is 16.3. The van der Waals surface area contributed by atoms with Gasteiger partial charge in [-0.2, -0.15) is 0 Å². The summed E-state index contributed by atoms with van der Waals surface area (Å²) in [4.78, 5) is 0.